The zero-order valence-corrected chi connectivity index (χ0v) is 15.0. The molecule has 1 nitrogen and oxygen atoms in total. The van der Waals surface area contributed by atoms with Gasteiger partial charge in [0.15, 0.2) is 0 Å². The summed E-state index contributed by atoms with van der Waals surface area (Å²) in [6.07, 6.45) is 13.7. The van der Waals surface area contributed by atoms with Gasteiger partial charge in [-0.25, -0.2) is 0 Å². The van der Waals surface area contributed by atoms with Gasteiger partial charge in [0.05, 0.1) is 6.10 Å². The lowest BCUT2D eigenvalue weighted by Crippen LogP contribution is -2.53. The van der Waals surface area contributed by atoms with Gasteiger partial charge in [-0.3, -0.25) is 0 Å². The molecule has 0 aliphatic heterocycles. The summed E-state index contributed by atoms with van der Waals surface area (Å²) in [6.45, 7) is 7.64. The second-order valence-electron chi connectivity index (χ2n) is 9.99. The van der Waals surface area contributed by atoms with Crippen LogP contribution in [0.5, 0.6) is 0 Å². The van der Waals surface area contributed by atoms with Crippen molar-refractivity contribution in [3.63, 3.8) is 0 Å². The first-order chi connectivity index (χ1) is 10.5. The van der Waals surface area contributed by atoms with Crippen LogP contribution in [0.1, 0.15) is 85.0 Å². The van der Waals surface area contributed by atoms with Crippen LogP contribution in [0.2, 0.25) is 0 Å². The average molecular weight is 305 g/mol. The largest absolute Gasteiger partial charge is 0.393 e. The minimum atomic E-state index is -0.000524. The van der Waals surface area contributed by atoms with Gasteiger partial charge in [0.25, 0.3) is 0 Å². The van der Waals surface area contributed by atoms with Crippen molar-refractivity contribution in [3.8, 4) is 0 Å². The Morgan fingerprint density at radius 3 is 2.55 bits per heavy atom. The molecule has 0 aromatic rings. The number of aliphatic hydroxyl groups is 1. The van der Waals surface area contributed by atoms with Gasteiger partial charge >= 0.3 is 0 Å². The van der Waals surface area contributed by atoms with Crippen LogP contribution < -0.4 is 0 Å². The van der Waals surface area contributed by atoms with Gasteiger partial charge in [-0.05, 0) is 98.2 Å². The Balaban J connectivity index is 1.60. The third kappa shape index (κ3) is 2.14. The molecule has 0 amide bonds. The minimum absolute atomic E-state index is 0.000524. The molecule has 0 spiro atoms. The Morgan fingerprint density at radius 2 is 1.77 bits per heavy atom. The van der Waals surface area contributed by atoms with E-state index in [0.29, 0.717) is 10.8 Å². The summed E-state index contributed by atoms with van der Waals surface area (Å²) >= 11 is 0. The van der Waals surface area contributed by atoms with Gasteiger partial charge in [0, 0.05) is 0 Å². The molecule has 1 N–H and O–H groups in total. The first-order valence-corrected chi connectivity index (χ1v) is 10.1. The fourth-order valence-corrected chi connectivity index (χ4v) is 7.76. The van der Waals surface area contributed by atoms with E-state index in [0.717, 1.165) is 42.4 Å². The van der Waals surface area contributed by atoms with E-state index in [2.05, 4.69) is 20.8 Å². The molecule has 4 aliphatic rings. The van der Waals surface area contributed by atoms with Crippen molar-refractivity contribution in [3.05, 3.63) is 0 Å². The fourth-order valence-electron chi connectivity index (χ4n) is 7.76. The van der Waals surface area contributed by atoms with E-state index in [1.165, 1.54) is 51.4 Å². The van der Waals surface area contributed by atoms with Gasteiger partial charge in [-0.1, -0.05) is 27.2 Å². The molecule has 0 aromatic heterocycles. The molecular weight excluding hydrogens is 268 g/mol. The first-order valence-electron chi connectivity index (χ1n) is 10.1. The molecule has 4 fully saturated rings. The predicted molar refractivity (Wildman–Crippen MR) is 91.5 cm³/mol. The molecule has 0 unspecified atom stereocenters. The summed E-state index contributed by atoms with van der Waals surface area (Å²) in [7, 11) is 0. The van der Waals surface area contributed by atoms with E-state index in [1.54, 1.807) is 0 Å². The van der Waals surface area contributed by atoms with Gasteiger partial charge in [-0.2, -0.15) is 0 Å². The molecule has 0 heterocycles. The number of hydrogen-bond acceptors (Lipinski definition) is 1. The van der Waals surface area contributed by atoms with Crippen molar-refractivity contribution in [1.82, 2.24) is 0 Å². The normalized spacial score (nSPS) is 57.8. The van der Waals surface area contributed by atoms with Crippen LogP contribution in [0.3, 0.4) is 0 Å². The Morgan fingerprint density at radius 1 is 0.955 bits per heavy atom. The Hall–Kier alpha value is -0.0400. The molecule has 0 radical (unpaired) electrons. The van der Waals surface area contributed by atoms with Gasteiger partial charge in [0.1, 0.15) is 0 Å². The quantitative estimate of drug-likeness (QED) is 0.686. The maximum atomic E-state index is 10.1. The summed E-state index contributed by atoms with van der Waals surface area (Å²) in [6, 6.07) is 0. The summed E-state index contributed by atoms with van der Waals surface area (Å²) in [5, 5.41) is 10.1. The standard InChI is InChI=1S/C21H36O/c1-4-14-11-19-17-6-5-15-12-16(22)7-10-21(15,3)18(17)8-9-20(19,2)13-14/h14-19,22H,4-13H2,1-3H3/t14-,15+,16+,17-,18+,19+,20-,21+/m1/s1. The predicted octanol–water partition coefficient (Wildman–Crippen LogP) is 5.42. The van der Waals surface area contributed by atoms with E-state index in [9.17, 15) is 5.11 Å². The Bertz CT molecular complexity index is 432. The van der Waals surface area contributed by atoms with Gasteiger partial charge in [0.2, 0.25) is 0 Å². The topological polar surface area (TPSA) is 20.2 Å². The molecule has 8 atom stereocenters. The number of hydrogen-bond donors (Lipinski definition) is 1. The molecule has 1 heteroatoms. The van der Waals surface area contributed by atoms with Crippen molar-refractivity contribution in [2.24, 2.45) is 40.4 Å². The lowest BCUT2D eigenvalue weighted by atomic mass is 9.45. The molecule has 0 bridgehead atoms. The number of aliphatic hydroxyl groups excluding tert-OH is 1. The van der Waals surface area contributed by atoms with Crippen LogP contribution in [0.4, 0.5) is 0 Å². The number of rotatable bonds is 1. The maximum Gasteiger partial charge on any atom is 0.0543 e. The van der Waals surface area contributed by atoms with Crippen molar-refractivity contribution < 1.29 is 5.11 Å². The number of fused-ring (bicyclic) bond motifs is 5. The second-order valence-corrected chi connectivity index (χ2v) is 9.99. The molecule has 4 aliphatic carbocycles. The first kappa shape index (κ1) is 15.5. The molecular formula is C21H36O. The maximum absolute atomic E-state index is 10.1. The molecule has 0 saturated heterocycles. The Labute approximate surface area is 137 Å². The average Bonchev–Trinajstić information content (AvgIpc) is 2.85. The van der Waals surface area contributed by atoms with Crippen LogP contribution in [-0.4, -0.2) is 11.2 Å². The van der Waals surface area contributed by atoms with E-state index in [1.807, 2.05) is 0 Å². The fraction of sp³-hybridized carbons (Fsp3) is 1.00. The van der Waals surface area contributed by atoms with Gasteiger partial charge in [-0.15, -0.1) is 0 Å². The van der Waals surface area contributed by atoms with E-state index in [-0.39, 0.29) is 6.10 Å². The smallest absolute Gasteiger partial charge is 0.0543 e. The van der Waals surface area contributed by atoms with Crippen LogP contribution in [-0.2, 0) is 0 Å². The van der Waals surface area contributed by atoms with Crippen molar-refractivity contribution >= 4 is 0 Å². The Kier molecular flexibility index (Phi) is 3.68. The second kappa shape index (κ2) is 5.23. The summed E-state index contributed by atoms with van der Waals surface area (Å²) in [4.78, 5) is 0. The highest BCUT2D eigenvalue weighted by atomic mass is 16.3. The van der Waals surface area contributed by atoms with Crippen LogP contribution >= 0.6 is 0 Å². The van der Waals surface area contributed by atoms with Crippen molar-refractivity contribution in [1.29, 1.82) is 0 Å². The highest BCUT2D eigenvalue weighted by molar-refractivity contribution is 5.08. The highest BCUT2D eigenvalue weighted by Crippen LogP contribution is 2.67. The summed E-state index contributed by atoms with van der Waals surface area (Å²) in [5.74, 6) is 4.80. The lowest BCUT2D eigenvalue weighted by Gasteiger charge is -2.60. The monoisotopic (exact) mass is 304 g/mol. The van der Waals surface area contributed by atoms with Crippen LogP contribution in [0.15, 0.2) is 0 Å². The minimum Gasteiger partial charge on any atom is -0.393 e. The van der Waals surface area contributed by atoms with E-state index >= 15 is 0 Å². The van der Waals surface area contributed by atoms with Gasteiger partial charge < -0.3 is 5.11 Å². The molecule has 4 rings (SSSR count). The molecule has 126 valence electrons. The summed E-state index contributed by atoms with van der Waals surface area (Å²) in [5.41, 5.74) is 1.22. The zero-order valence-electron chi connectivity index (χ0n) is 15.0. The molecule has 4 saturated carbocycles. The van der Waals surface area contributed by atoms with E-state index in [4.69, 9.17) is 0 Å². The lowest BCUT2D eigenvalue weighted by molar-refractivity contribution is -0.120. The third-order valence-electron chi connectivity index (χ3n) is 9.08. The van der Waals surface area contributed by atoms with Crippen molar-refractivity contribution in [2.45, 2.75) is 91.1 Å². The highest BCUT2D eigenvalue weighted by Gasteiger charge is 2.58. The third-order valence-corrected chi connectivity index (χ3v) is 9.08. The van der Waals surface area contributed by atoms with Crippen LogP contribution in [0.25, 0.3) is 0 Å². The van der Waals surface area contributed by atoms with E-state index < -0.39 is 0 Å². The van der Waals surface area contributed by atoms with Crippen LogP contribution in [0, 0.1) is 40.4 Å². The zero-order chi connectivity index (χ0) is 15.5. The molecule has 0 aromatic carbocycles. The molecule has 22 heavy (non-hydrogen) atoms. The summed E-state index contributed by atoms with van der Waals surface area (Å²) < 4.78 is 0. The van der Waals surface area contributed by atoms with Crippen molar-refractivity contribution in [2.75, 3.05) is 0 Å². The SMILES string of the molecule is CC[C@@H]1C[C@H]2[C@@H]3CC[C@H]4C[C@@H](O)CC[C@]4(C)[C@H]3CC[C@]2(C)C1.